The van der Waals surface area contributed by atoms with E-state index in [-0.39, 0.29) is 30.1 Å². The number of hydrogen-bond donors (Lipinski definition) is 2. The predicted molar refractivity (Wildman–Crippen MR) is 88.0 cm³/mol. The fraction of sp³-hybridized carbons (Fsp3) is 0.412. The van der Waals surface area contributed by atoms with Crippen LogP contribution in [0.1, 0.15) is 35.6 Å². The molecule has 1 heterocycles. The van der Waals surface area contributed by atoms with E-state index < -0.39 is 11.7 Å². The van der Waals surface area contributed by atoms with Gasteiger partial charge in [-0.1, -0.05) is 18.2 Å². The van der Waals surface area contributed by atoms with Gasteiger partial charge in [0.05, 0.1) is 17.4 Å². The van der Waals surface area contributed by atoms with Gasteiger partial charge in [0.15, 0.2) is 0 Å². The first-order chi connectivity index (χ1) is 11.7. The summed E-state index contributed by atoms with van der Waals surface area (Å²) in [7, 11) is 1.66. The largest absolute Gasteiger partial charge is 0.416 e. The summed E-state index contributed by atoms with van der Waals surface area (Å²) < 4.78 is 39.4. The molecule has 0 unspecified atom stereocenters. The van der Waals surface area contributed by atoms with Gasteiger partial charge in [-0.2, -0.15) is 18.2 Å². The molecule has 0 radical (unpaired) electrons. The first-order valence-electron chi connectivity index (χ1n) is 7.93. The number of benzene rings is 1. The molecule has 1 aliphatic carbocycles. The topological polar surface area (TPSA) is 75.3 Å². The molecular weight excluding hydrogens is 333 g/mol. The summed E-state index contributed by atoms with van der Waals surface area (Å²) in [4.78, 5) is 9.93. The molecule has 3 N–H and O–H groups in total. The van der Waals surface area contributed by atoms with E-state index in [9.17, 15) is 18.3 Å². The fourth-order valence-electron chi connectivity index (χ4n) is 2.98. The van der Waals surface area contributed by atoms with E-state index in [2.05, 4.69) is 9.97 Å². The van der Waals surface area contributed by atoms with E-state index in [1.54, 1.807) is 24.1 Å². The Labute approximate surface area is 143 Å². The number of halogens is 3. The van der Waals surface area contributed by atoms with Crippen molar-refractivity contribution in [2.75, 3.05) is 17.7 Å². The Kier molecular flexibility index (Phi) is 4.55. The Morgan fingerprint density at radius 3 is 2.56 bits per heavy atom. The number of aliphatic hydroxyl groups is 1. The van der Waals surface area contributed by atoms with Crippen molar-refractivity contribution in [3.63, 3.8) is 0 Å². The summed E-state index contributed by atoms with van der Waals surface area (Å²) in [6.07, 6.45) is -3.52. The summed E-state index contributed by atoms with van der Waals surface area (Å²) in [5.74, 6) is 0.639. The number of nitrogens with zero attached hydrogens (tertiary/aromatic N) is 3. The minimum Gasteiger partial charge on any atom is -0.393 e. The van der Waals surface area contributed by atoms with Gasteiger partial charge in [-0.05, 0) is 24.5 Å². The van der Waals surface area contributed by atoms with Gasteiger partial charge in [0.25, 0.3) is 0 Å². The molecule has 1 saturated carbocycles. The summed E-state index contributed by atoms with van der Waals surface area (Å²) in [5, 5.41) is 9.44. The van der Waals surface area contributed by atoms with Crippen molar-refractivity contribution in [1.29, 1.82) is 0 Å². The van der Waals surface area contributed by atoms with E-state index in [0.717, 1.165) is 6.07 Å². The average Bonchev–Trinajstić information content (AvgIpc) is 2.50. The summed E-state index contributed by atoms with van der Waals surface area (Å²) in [6.45, 7) is 0.0405. The Balaban J connectivity index is 1.84. The summed E-state index contributed by atoms with van der Waals surface area (Å²) in [6, 6.07) is 7.19. The quantitative estimate of drug-likeness (QED) is 0.885. The van der Waals surface area contributed by atoms with Gasteiger partial charge in [0.1, 0.15) is 5.82 Å². The van der Waals surface area contributed by atoms with Crippen LogP contribution < -0.4 is 10.6 Å². The van der Waals surface area contributed by atoms with E-state index >= 15 is 0 Å². The third kappa shape index (κ3) is 3.84. The predicted octanol–water partition coefficient (Wildman–Crippen LogP) is 2.95. The van der Waals surface area contributed by atoms with Crippen molar-refractivity contribution >= 4 is 11.8 Å². The second kappa shape index (κ2) is 6.51. The van der Waals surface area contributed by atoms with Gasteiger partial charge in [-0.25, -0.2) is 4.98 Å². The van der Waals surface area contributed by atoms with Crippen molar-refractivity contribution in [2.45, 2.75) is 37.6 Å². The lowest BCUT2D eigenvalue weighted by Crippen LogP contribution is -2.28. The lowest BCUT2D eigenvalue weighted by molar-refractivity contribution is -0.138. The molecule has 3 rings (SSSR count). The molecule has 1 fully saturated rings. The standard InChI is InChI=1S/C17H19F3N4O/c1-24(9-10-4-2-3-5-13(10)17(18,19)20)15-8-14(22-16(21)23-15)11-6-12(25)7-11/h2-5,8,11-12,25H,6-7,9H2,1H3,(H2,21,22,23). The number of nitrogens with two attached hydrogens (primary N) is 1. The van der Waals surface area contributed by atoms with Crippen LogP contribution in [0.5, 0.6) is 0 Å². The molecule has 134 valence electrons. The molecule has 1 aromatic heterocycles. The van der Waals surface area contributed by atoms with Crippen molar-refractivity contribution < 1.29 is 18.3 Å². The molecule has 0 saturated heterocycles. The van der Waals surface area contributed by atoms with Crippen molar-refractivity contribution in [3.05, 3.63) is 47.2 Å². The Bertz CT molecular complexity index is 760. The SMILES string of the molecule is CN(Cc1ccccc1C(F)(F)F)c1cc(C2CC(O)C2)nc(N)n1. The zero-order valence-corrected chi connectivity index (χ0v) is 13.7. The summed E-state index contributed by atoms with van der Waals surface area (Å²) in [5.41, 5.74) is 5.96. The van der Waals surface area contributed by atoms with Crippen LogP contribution in [0.4, 0.5) is 24.9 Å². The molecule has 25 heavy (non-hydrogen) atoms. The van der Waals surface area contributed by atoms with Gasteiger partial charge >= 0.3 is 6.18 Å². The maximum absolute atomic E-state index is 13.1. The van der Waals surface area contributed by atoms with Gasteiger partial charge in [0, 0.05) is 25.6 Å². The van der Waals surface area contributed by atoms with Crippen LogP contribution in [0.15, 0.2) is 30.3 Å². The average molecular weight is 352 g/mol. The van der Waals surface area contributed by atoms with Crippen molar-refractivity contribution in [2.24, 2.45) is 0 Å². The van der Waals surface area contributed by atoms with E-state index in [1.165, 1.54) is 12.1 Å². The summed E-state index contributed by atoms with van der Waals surface area (Å²) >= 11 is 0. The Morgan fingerprint density at radius 1 is 1.24 bits per heavy atom. The van der Waals surface area contributed by atoms with Gasteiger partial charge in [-0.15, -0.1) is 0 Å². The van der Waals surface area contributed by atoms with E-state index in [4.69, 9.17) is 5.73 Å². The molecule has 1 aliphatic rings. The van der Waals surface area contributed by atoms with Gasteiger partial charge in [0.2, 0.25) is 5.95 Å². The molecule has 2 aromatic rings. The third-order valence-corrected chi connectivity index (χ3v) is 4.40. The number of aromatic nitrogens is 2. The second-order valence-corrected chi connectivity index (χ2v) is 6.34. The molecule has 1 aromatic carbocycles. The number of nitrogen functional groups attached to an aromatic ring is 1. The maximum atomic E-state index is 13.1. The number of aliphatic hydroxyl groups excluding tert-OH is 1. The maximum Gasteiger partial charge on any atom is 0.416 e. The Hall–Kier alpha value is -2.35. The van der Waals surface area contributed by atoms with Crippen LogP contribution >= 0.6 is 0 Å². The molecule has 0 amide bonds. The second-order valence-electron chi connectivity index (χ2n) is 6.34. The highest BCUT2D eigenvalue weighted by molar-refractivity contribution is 5.45. The minimum atomic E-state index is -4.41. The van der Waals surface area contributed by atoms with Crippen LogP contribution in [-0.2, 0) is 12.7 Å². The molecule has 0 bridgehead atoms. The van der Waals surface area contributed by atoms with Crippen LogP contribution in [0.25, 0.3) is 0 Å². The smallest absolute Gasteiger partial charge is 0.393 e. The lowest BCUT2D eigenvalue weighted by atomic mass is 9.80. The first kappa shape index (κ1) is 17.5. The molecule has 5 nitrogen and oxygen atoms in total. The molecular formula is C17H19F3N4O. The molecule has 0 atom stereocenters. The number of anilines is 2. The third-order valence-electron chi connectivity index (χ3n) is 4.40. The van der Waals surface area contributed by atoms with Gasteiger partial charge in [-0.3, -0.25) is 0 Å². The highest BCUT2D eigenvalue weighted by Crippen LogP contribution is 2.37. The fourth-order valence-corrected chi connectivity index (χ4v) is 2.98. The molecule has 0 spiro atoms. The zero-order chi connectivity index (χ0) is 18.2. The van der Waals surface area contributed by atoms with Crippen molar-refractivity contribution in [3.8, 4) is 0 Å². The van der Waals surface area contributed by atoms with E-state index in [1.807, 2.05) is 0 Å². The Morgan fingerprint density at radius 2 is 1.92 bits per heavy atom. The molecule has 8 heteroatoms. The normalized spacial score (nSPS) is 20.2. The first-order valence-corrected chi connectivity index (χ1v) is 7.93. The van der Waals surface area contributed by atoms with Crippen LogP contribution in [-0.4, -0.2) is 28.2 Å². The molecule has 0 aliphatic heterocycles. The van der Waals surface area contributed by atoms with Crippen LogP contribution in [0, 0.1) is 0 Å². The highest BCUT2D eigenvalue weighted by atomic mass is 19.4. The monoisotopic (exact) mass is 352 g/mol. The number of rotatable bonds is 4. The lowest BCUT2D eigenvalue weighted by Gasteiger charge is -2.31. The number of hydrogen-bond acceptors (Lipinski definition) is 5. The number of alkyl halides is 3. The minimum absolute atomic E-state index is 0.0405. The van der Waals surface area contributed by atoms with E-state index in [0.29, 0.717) is 24.4 Å². The zero-order valence-electron chi connectivity index (χ0n) is 13.7. The van der Waals surface area contributed by atoms with Gasteiger partial charge < -0.3 is 15.7 Å². The van der Waals surface area contributed by atoms with Crippen LogP contribution in [0.3, 0.4) is 0 Å². The van der Waals surface area contributed by atoms with Crippen LogP contribution in [0.2, 0.25) is 0 Å². The highest BCUT2D eigenvalue weighted by Gasteiger charge is 2.33. The van der Waals surface area contributed by atoms with Crippen molar-refractivity contribution in [1.82, 2.24) is 9.97 Å².